The van der Waals surface area contributed by atoms with E-state index >= 15 is 0 Å². The van der Waals surface area contributed by atoms with Crippen LogP contribution in [0.25, 0.3) is 0 Å². The van der Waals surface area contributed by atoms with Crippen LogP contribution in [0.5, 0.6) is 0 Å². The number of nitrogens with zero attached hydrogens (tertiary/aromatic N) is 2. The summed E-state index contributed by atoms with van der Waals surface area (Å²) in [5.74, 6) is -0.222. The molecule has 2 aliphatic heterocycles. The molecule has 2 aromatic rings. The van der Waals surface area contributed by atoms with Crippen LogP contribution < -0.4 is 10.2 Å². The Morgan fingerprint density at radius 2 is 1.69 bits per heavy atom. The molecule has 0 saturated carbocycles. The monoisotopic (exact) mass is 351 g/mol. The van der Waals surface area contributed by atoms with Gasteiger partial charge in [-0.3, -0.25) is 10.1 Å². The molecule has 3 amide bonds. The maximum Gasteiger partial charge on any atom is 0.324 e. The maximum atomic E-state index is 11.5. The molecule has 5 heteroatoms. The Morgan fingerprint density at radius 1 is 0.962 bits per heavy atom. The third-order valence-corrected chi connectivity index (χ3v) is 4.56. The number of carbonyl (C=O) groups excluding carboxylic acids is 2. The summed E-state index contributed by atoms with van der Waals surface area (Å²) in [4.78, 5) is 26.6. The lowest BCUT2D eigenvalue weighted by molar-refractivity contribution is -0.118. The molecule has 26 heavy (non-hydrogen) atoms. The fourth-order valence-electron chi connectivity index (χ4n) is 3.19. The Kier molecular flexibility index (Phi) is 5.89. The van der Waals surface area contributed by atoms with E-state index in [0.717, 1.165) is 18.7 Å². The lowest BCUT2D eigenvalue weighted by Gasteiger charge is -2.19. The van der Waals surface area contributed by atoms with Crippen molar-refractivity contribution in [1.29, 1.82) is 0 Å². The second-order valence-corrected chi connectivity index (χ2v) is 6.73. The lowest BCUT2D eigenvalue weighted by atomic mass is 10.2. The number of benzene rings is 2. The summed E-state index contributed by atoms with van der Waals surface area (Å²) in [6.07, 6.45) is 2.49. The van der Waals surface area contributed by atoms with Crippen molar-refractivity contribution in [2.75, 3.05) is 24.5 Å². The van der Waals surface area contributed by atoms with Crippen LogP contribution in [0.3, 0.4) is 0 Å². The number of hydrogen-bond acceptors (Lipinski definition) is 3. The van der Waals surface area contributed by atoms with Crippen LogP contribution in [0, 0.1) is 6.92 Å². The number of nitrogens with one attached hydrogen (secondary N) is 1. The number of hydrogen-bond donors (Lipinski definition) is 1. The highest BCUT2D eigenvalue weighted by Crippen LogP contribution is 2.22. The third kappa shape index (κ3) is 4.85. The van der Waals surface area contributed by atoms with Gasteiger partial charge in [0.25, 0.3) is 0 Å². The number of anilines is 1. The van der Waals surface area contributed by atoms with Crippen molar-refractivity contribution in [3.63, 3.8) is 0 Å². The van der Waals surface area contributed by atoms with E-state index in [0.29, 0.717) is 6.54 Å². The van der Waals surface area contributed by atoms with Crippen LogP contribution in [0.2, 0.25) is 0 Å². The first-order valence-electron chi connectivity index (χ1n) is 9.06. The zero-order valence-corrected chi connectivity index (χ0v) is 15.1. The van der Waals surface area contributed by atoms with Gasteiger partial charge in [0.1, 0.15) is 6.54 Å². The Labute approximate surface area is 154 Å². The van der Waals surface area contributed by atoms with E-state index in [1.54, 1.807) is 0 Å². The molecule has 0 aliphatic carbocycles. The highest BCUT2D eigenvalue weighted by atomic mass is 16.2. The normalized spacial score (nSPS) is 16.3. The minimum absolute atomic E-state index is 0.159. The molecule has 2 saturated heterocycles. The standard InChI is InChI=1S/C14H17N3O2.C7H8/c18-13-10-17(14(19)15-13)9-11-4-3-5-12(8-11)16-6-1-2-7-16;1-7-5-3-2-4-6-7/h3-5,8H,1-2,6-7,9-10H2,(H,15,18,19);2-6H,1H3. The molecule has 1 N–H and O–H groups in total. The number of urea groups is 1. The maximum absolute atomic E-state index is 11.5. The highest BCUT2D eigenvalue weighted by Gasteiger charge is 2.26. The van der Waals surface area contributed by atoms with Crippen LogP contribution in [-0.2, 0) is 11.3 Å². The highest BCUT2D eigenvalue weighted by molar-refractivity contribution is 6.01. The first-order chi connectivity index (χ1) is 12.6. The number of amides is 3. The van der Waals surface area contributed by atoms with Crippen molar-refractivity contribution in [3.05, 3.63) is 65.7 Å². The quantitative estimate of drug-likeness (QED) is 0.863. The Hall–Kier alpha value is -2.82. The SMILES string of the molecule is Cc1ccccc1.O=C1CN(Cc2cccc(N3CCCC3)c2)C(=O)N1. The first-order valence-corrected chi connectivity index (χ1v) is 9.06. The molecular formula is C21H25N3O2. The summed E-state index contributed by atoms with van der Waals surface area (Å²) in [6, 6.07) is 18.2. The van der Waals surface area contributed by atoms with Crippen molar-refractivity contribution in [2.45, 2.75) is 26.3 Å². The Morgan fingerprint density at radius 3 is 2.27 bits per heavy atom. The molecule has 2 aromatic carbocycles. The predicted octanol–water partition coefficient (Wildman–Crippen LogP) is 3.33. The summed E-state index contributed by atoms with van der Waals surface area (Å²) in [7, 11) is 0. The van der Waals surface area contributed by atoms with E-state index in [1.165, 1.54) is 29.0 Å². The number of imide groups is 1. The van der Waals surface area contributed by atoms with Gasteiger partial charge in [0.05, 0.1) is 0 Å². The van der Waals surface area contributed by atoms with Crippen LogP contribution in [0.15, 0.2) is 54.6 Å². The van der Waals surface area contributed by atoms with Gasteiger partial charge >= 0.3 is 6.03 Å². The average molecular weight is 351 g/mol. The van der Waals surface area contributed by atoms with E-state index in [1.807, 2.05) is 30.3 Å². The van der Waals surface area contributed by atoms with Gasteiger partial charge in [-0.05, 0) is 37.5 Å². The fraction of sp³-hybridized carbons (Fsp3) is 0.333. The van der Waals surface area contributed by atoms with Gasteiger partial charge < -0.3 is 9.80 Å². The van der Waals surface area contributed by atoms with Gasteiger partial charge in [0.2, 0.25) is 5.91 Å². The fourth-order valence-corrected chi connectivity index (χ4v) is 3.19. The van der Waals surface area contributed by atoms with Crippen molar-refractivity contribution in [1.82, 2.24) is 10.2 Å². The van der Waals surface area contributed by atoms with Gasteiger partial charge in [-0.15, -0.1) is 0 Å². The minimum Gasteiger partial charge on any atom is -0.372 e. The lowest BCUT2D eigenvalue weighted by Crippen LogP contribution is -2.27. The molecule has 2 heterocycles. The molecule has 0 unspecified atom stereocenters. The molecule has 2 fully saturated rings. The zero-order chi connectivity index (χ0) is 18.4. The molecule has 0 radical (unpaired) electrons. The van der Waals surface area contributed by atoms with Crippen molar-refractivity contribution >= 4 is 17.6 Å². The molecule has 0 atom stereocenters. The van der Waals surface area contributed by atoms with Crippen LogP contribution in [0.1, 0.15) is 24.0 Å². The topological polar surface area (TPSA) is 52.7 Å². The molecule has 0 spiro atoms. The van der Waals surface area contributed by atoms with Gasteiger partial charge in [-0.2, -0.15) is 0 Å². The van der Waals surface area contributed by atoms with E-state index in [4.69, 9.17) is 0 Å². The van der Waals surface area contributed by atoms with Crippen LogP contribution in [0.4, 0.5) is 10.5 Å². The summed E-state index contributed by atoms with van der Waals surface area (Å²) in [5, 5.41) is 2.29. The zero-order valence-electron chi connectivity index (χ0n) is 15.1. The van der Waals surface area contributed by atoms with Crippen LogP contribution in [-0.4, -0.2) is 36.5 Å². The molecule has 2 aliphatic rings. The van der Waals surface area contributed by atoms with Gasteiger partial charge in [0.15, 0.2) is 0 Å². The molecule has 0 aromatic heterocycles. The number of rotatable bonds is 3. The van der Waals surface area contributed by atoms with Gasteiger partial charge in [0, 0.05) is 25.3 Å². The summed E-state index contributed by atoms with van der Waals surface area (Å²) >= 11 is 0. The Balaban J connectivity index is 0.000000236. The number of aryl methyl sites for hydroxylation is 1. The second-order valence-electron chi connectivity index (χ2n) is 6.73. The first kappa shape index (κ1) is 18.0. The van der Waals surface area contributed by atoms with E-state index in [-0.39, 0.29) is 18.5 Å². The molecular weight excluding hydrogens is 326 g/mol. The van der Waals surface area contributed by atoms with Crippen molar-refractivity contribution in [2.24, 2.45) is 0 Å². The smallest absolute Gasteiger partial charge is 0.324 e. The summed E-state index contributed by atoms with van der Waals surface area (Å²) in [5.41, 5.74) is 3.60. The molecule has 5 nitrogen and oxygen atoms in total. The average Bonchev–Trinajstić information content (AvgIpc) is 3.27. The predicted molar refractivity (Wildman–Crippen MR) is 103 cm³/mol. The van der Waals surface area contributed by atoms with E-state index in [9.17, 15) is 9.59 Å². The van der Waals surface area contributed by atoms with E-state index in [2.05, 4.69) is 41.4 Å². The Bertz CT molecular complexity index is 755. The van der Waals surface area contributed by atoms with Crippen LogP contribution >= 0.6 is 0 Å². The van der Waals surface area contributed by atoms with Gasteiger partial charge in [-0.1, -0.05) is 48.0 Å². The minimum atomic E-state index is -0.295. The molecule has 0 bridgehead atoms. The van der Waals surface area contributed by atoms with Crippen molar-refractivity contribution in [3.8, 4) is 0 Å². The molecule has 136 valence electrons. The van der Waals surface area contributed by atoms with Crippen molar-refractivity contribution < 1.29 is 9.59 Å². The summed E-state index contributed by atoms with van der Waals surface area (Å²) < 4.78 is 0. The van der Waals surface area contributed by atoms with E-state index < -0.39 is 0 Å². The number of carbonyl (C=O) groups is 2. The second kappa shape index (κ2) is 8.52. The summed E-state index contributed by atoms with van der Waals surface area (Å²) in [6.45, 7) is 4.93. The van der Waals surface area contributed by atoms with Gasteiger partial charge in [-0.25, -0.2) is 4.79 Å². The molecule has 4 rings (SSSR count). The largest absolute Gasteiger partial charge is 0.372 e. The third-order valence-electron chi connectivity index (χ3n) is 4.56.